The highest BCUT2D eigenvalue weighted by molar-refractivity contribution is 6.03. The van der Waals surface area contributed by atoms with Crippen molar-refractivity contribution in [3.63, 3.8) is 0 Å². The molecule has 28 heavy (non-hydrogen) atoms. The number of carbonyl (C=O) groups excluding carboxylic acids is 1. The zero-order valence-corrected chi connectivity index (χ0v) is 16.4. The summed E-state index contributed by atoms with van der Waals surface area (Å²) in [5.74, 6) is 1.54. The van der Waals surface area contributed by atoms with E-state index in [1.165, 1.54) is 19.8 Å². The van der Waals surface area contributed by atoms with Crippen LogP contribution in [-0.2, 0) is 6.42 Å². The van der Waals surface area contributed by atoms with Crippen molar-refractivity contribution in [1.29, 1.82) is 0 Å². The SMILES string of the molecule is COc1ccc(C(=O)Nc2nnc(Cc3ccc(C(C)C)cc3)o2)cc1OC. The first-order valence-electron chi connectivity index (χ1n) is 8.94. The average Bonchev–Trinajstić information content (AvgIpc) is 3.14. The molecule has 0 unspecified atom stereocenters. The van der Waals surface area contributed by atoms with Crippen LogP contribution < -0.4 is 14.8 Å². The second kappa shape index (κ2) is 8.56. The molecule has 1 N–H and O–H groups in total. The lowest BCUT2D eigenvalue weighted by Gasteiger charge is -2.08. The normalized spacial score (nSPS) is 10.8. The molecule has 1 heterocycles. The summed E-state index contributed by atoms with van der Waals surface area (Å²) in [6, 6.07) is 13.2. The standard InChI is InChI=1S/C21H23N3O4/c1-13(2)15-7-5-14(6-8-15)11-19-23-24-21(28-19)22-20(25)16-9-10-17(26-3)18(12-16)27-4/h5-10,12-13H,11H2,1-4H3,(H,22,24,25). The van der Waals surface area contributed by atoms with E-state index in [4.69, 9.17) is 13.9 Å². The monoisotopic (exact) mass is 381 g/mol. The van der Waals surface area contributed by atoms with Crippen molar-refractivity contribution < 1.29 is 18.7 Å². The highest BCUT2D eigenvalue weighted by atomic mass is 16.5. The van der Waals surface area contributed by atoms with Gasteiger partial charge in [-0.1, -0.05) is 43.2 Å². The van der Waals surface area contributed by atoms with Gasteiger partial charge in [-0.25, -0.2) is 0 Å². The van der Waals surface area contributed by atoms with Gasteiger partial charge in [-0.05, 0) is 35.2 Å². The summed E-state index contributed by atoms with van der Waals surface area (Å²) < 4.78 is 15.9. The zero-order valence-electron chi connectivity index (χ0n) is 16.4. The number of methoxy groups -OCH3 is 2. The fourth-order valence-corrected chi connectivity index (χ4v) is 2.72. The second-order valence-electron chi connectivity index (χ2n) is 6.60. The maximum Gasteiger partial charge on any atom is 0.322 e. The first-order valence-corrected chi connectivity index (χ1v) is 8.94. The van der Waals surface area contributed by atoms with Crippen LogP contribution >= 0.6 is 0 Å². The van der Waals surface area contributed by atoms with Crippen LogP contribution in [0.3, 0.4) is 0 Å². The molecule has 0 atom stereocenters. The molecule has 3 aromatic rings. The lowest BCUT2D eigenvalue weighted by Crippen LogP contribution is -2.12. The van der Waals surface area contributed by atoms with Gasteiger partial charge in [0.25, 0.3) is 5.91 Å². The third kappa shape index (κ3) is 4.49. The van der Waals surface area contributed by atoms with E-state index in [0.717, 1.165) is 5.56 Å². The first kappa shape index (κ1) is 19.4. The molecule has 7 nitrogen and oxygen atoms in total. The molecule has 1 amide bonds. The van der Waals surface area contributed by atoms with Crippen LogP contribution in [-0.4, -0.2) is 30.3 Å². The summed E-state index contributed by atoms with van der Waals surface area (Å²) in [7, 11) is 3.05. The van der Waals surface area contributed by atoms with Gasteiger partial charge in [-0.15, -0.1) is 5.10 Å². The van der Waals surface area contributed by atoms with Gasteiger partial charge in [0.1, 0.15) is 0 Å². The number of hydrogen-bond donors (Lipinski definition) is 1. The molecule has 3 rings (SSSR count). The molecule has 2 aromatic carbocycles. The van der Waals surface area contributed by atoms with Crippen molar-refractivity contribution in [3.05, 3.63) is 65.0 Å². The lowest BCUT2D eigenvalue weighted by atomic mass is 10.0. The Morgan fingerprint density at radius 2 is 1.75 bits per heavy atom. The quantitative estimate of drug-likeness (QED) is 0.664. The minimum absolute atomic E-state index is 0.0496. The van der Waals surface area contributed by atoms with Crippen LogP contribution in [0.4, 0.5) is 6.01 Å². The Balaban J connectivity index is 1.66. The number of benzene rings is 2. The van der Waals surface area contributed by atoms with Crippen LogP contribution in [0, 0.1) is 0 Å². The van der Waals surface area contributed by atoms with Gasteiger partial charge < -0.3 is 13.9 Å². The van der Waals surface area contributed by atoms with E-state index in [1.54, 1.807) is 18.2 Å². The molecule has 0 spiro atoms. The van der Waals surface area contributed by atoms with Gasteiger partial charge in [0.05, 0.1) is 20.6 Å². The van der Waals surface area contributed by atoms with Crippen molar-refractivity contribution in [2.75, 3.05) is 19.5 Å². The number of rotatable bonds is 7. The molecule has 146 valence electrons. The predicted octanol–water partition coefficient (Wildman–Crippen LogP) is 4.05. The topological polar surface area (TPSA) is 86.5 Å². The van der Waals surface area contributed by atoms with E-state index < -0.39 is 0 Å². The summed E-state index contributed by atoms with van der Waals surface area (Å²) in [4.78, 5) is 12.4. The van der Waals surface area contributed by atoms with E-state index in [0.29, 0.717) is 35.3 Å². The Kier molecular flexibility index (Phi) is 5.93. The van der Waals surface area contributed by atoms with Gasteiger partial charge >= 0.3 is 6.01 Å². The third-order valence-electron chi connectivity index (χ3n) is 4.33. The third-order valence-corrected chi connectivity index (χ3v) is 4.33. The minimum atomic E-state index is -0.377. The van der Waals surface area contributed by atoms with E-state index in [9.17, 15) is 4.79 Å². The number of amides is 1. The van der Waals surface area contributed by atoms with Crippen LogP contribution in [0.15, 0.2) is 46.9 Å². The van der Waals surface area contributed by atoms with Crippen LogP contribution in [0.2, 0.25) is 0 Å². The number of nitrogens with zero attached hydrogens (tertiary/aromatic N) is 2. The molecule has 0 bridgehead atoms. The molecule has 0 aliphatic carbocycles. The molecule has 0 saturated carbocycles. The Bertz CT molecular complexity index is 949. The van der Waals surface area contributed by atoms with Gasteiger partial charge in [-0.2, -0.15) is 0 Å². The highest BCUT2D eigenvalue weighted by Crippen LogP contribution is 2.27. The molecule has 0 aliphatic heterocycles. The van der Waals surface area contributed by atoms with Gasteiger partial charge in [0, 0.05) is 5.56 Å². The average molecular weight is 381 g/mol. The fourth-order valence-electron chi connectivity index (χ4n) is 2.72. The zero-order chi connectivity index (χ0) is 20.1. The molecule has 0 radical (unpaired) electrons. The number of anilines is 1. The predicted molar refractivity (Wildman–Crippen MR) is 105 cm³/mol. The van der Waals surface area contributed by atoms with Crippen molar-refractivity contribution in [2.45, 2.75) is 26.2 Å². The molecular weight excluding hydrogens is 358 g/mol. The lowest BCUT2D eigenvalue weighted by molar-refractivity contribution is 0.102. The van der Waals surface area contributed by atoms with Crippen molar-refractivity contribution in [3.8, 4) is 11.5 Å². The molecule has 1 aromatic heterocycles. The Morgan fingerprint density at radius 3 is 2.39 bits per heavy atom. The molecular formula is C21H23N3O4. The smallest absolute Gasteiger partial charge is 0.322 e. The number of carbonyl (C=O) groups is 1. The number of hydrogen-bond acceptors (Lipinski definition) is 6. The minimum Gasteiger partial charge on any atom is -0.493 e. The summed E-state index contributed by atoms with van der Waals surface area (Å²) in [6.07, 6.45) is 0.498. The molecule has 7 heteroatoms. The number of ether oxygens (including phenoxy) is 2. The van der Waals surface area contributed by atoms with Crippen molar-refractivity contribution in [2.24, 2.45) is 0 Å². The molecule has 0 saturated heterocycles. The van der Waals surface area contributed by atoms with Crippen LogP contribution in [0.1, 0.15) is 47.1 Å². The number of nitrogens with one attached hydrogen (secondary N) is 1. The van der Waals surface area contributed by atoms with Crippen LogP contribution in [0.25, 0.3) is 0 Å². The summed E-state index contributed by atoms with van der Waals surface area (Å²) in [5.41, 5.74) is 2.73. The Hall–Kier alpha value is -3.35. The maximum atomic E-state index is 12.4. The van der Waals surface area contributed by atoms with Crippen molar-refractivity contribution in [1.82, 2.24) is 10.2 Å². The van der Waals surface area contributed by atoms with Gasteiger partial charge in [0.15, 0.2) is 11.5 Å². The summed E-state index contributed by atoms with van der Waals surface area (Å²) in [6.45, 7) is 4.31. The highest BCUT2D eigenvalue weighted by Gasteiger charge is 2.14. The van der Waals surface area contributed by atoms with E-state index >= 15 is 0 Å². The Morgan fingerprint density at radius 1 is 1.04 bits per heavy atom. The van der Waals surface area contributed by atoms with E-state index in [-0.39, 0.29) is 11.9 Å². The Labute approximate surface area is 163 Å². The first-order chi connectivity index (χ1) is 13.5. The van der Waals surface area contributed by atoms with E-state index in [1.807, 2.05) is 12.1 Å². The van der Waals surface area contributed by atoms with Crippen molar-refractivity contribution >= 4 is 11.9 Å². The maximum absolute atomic E-state index is 12.4. The van der Waals surface area contributed by atoms with Crippen LogP contribution in [0.5, 0.6) is 11.5 Å². The molecule has 0 aliphatic rings. The molecule has 0 fully saturated rings. The summed E-state index contributed by atoms with van der Waals surface area (Å²) >= 11 is 0. The summed E-state index contributed by atoms with van der Waals surface area (Å²) in [5, 5.41) is 10.5. The fraction of sp³-hybridized carbons (Fsp3) is 0.286. The largest absolute Gasteiger partial charge is 0.493 e. The number of aromatic nitrogens is 2. The van der Waals surface area contributed by atoms with Gasteiger partial charge in [-0.3, -0.25) is 10.1 Å². The second-order valence-corrected chi connectivity index (χ2v) is 6.60. The van der Waals surface area contributed by atoms with Gasteiger partial charge in [0.2, 0.25) is 5.89 Å². The van der Waals surface area contributed by atoms with E-state index in [2.05, 4.69) is 41.5 Å².